The van der Waals surface area contributed by atoms with E-state index in [4.69, 9.17) is 25.5 Å². The quantitative estimate of drug-likeness (QED) is 0.225. The van der Waals surface area contributed by atoms with Crippen molar-refractivity contribution < 1.29 is 85.1 Å². The van der Waals surface area contributed by atoms with Gasteiger partial charge in [0.15, 0.2) is 0 Å². The number of hydrogen-bond donors (Lipinski definition) is 3. The molecule has 0 saturated carbocycles. The third-order valence-corrected chi connectivity index (χ3v) is 0.782. The molecule has 12 heteroatoms. The first-order chi connectivity index (χ1) is 6.20. The zero-order chi connectivity index (χ0) is 11.9. The van der Waals surface area contributed by atoms with E-state index < -0.39 is 29.2 Å². The molecule has 10 nitrogen and oxygen atoms in total. The third kappa shape index (κ3) is 16.0. The van der Waals surface area contributed by atoms with Crippen LogP contribution in [0.15, 0.2) is 0 Å². The second-order valence-corrected chi connectivity index (χ2v) is 1.77. The van der Waals surface area contributed by atoms with Crippen molar-refractivity contribution in [3.05, 3.63) is 10.1 Å². The molecule has 0 rings (SSSR count). The minimum Gasteiger partial charge on any atom is -0.547 e. The molecular weight excluding hydrogens is 422 g/mol. The monoisotopic (exact) mass is 425 g/mol. The van der Waals surface area contributed by atoms with E-state index in [-0.39, 0.29) is 44.8 Å². The number of carboxylic acid groups (broad SMARTS) is 2. The molecule has 0 radical (unpaired) electrons. The molecule has 0 aliphatic heterocycles. The number of hydrogen-bond acceptors (Lipinski definition) is 8. The molecule has 0 heterocycles. The van der Waals surface area contributed by atoms with Gasteiger partial charge in [-0.1, -0.05) is 0 Å². The summed E-state index contributed by atoms with van der Waals surface area (Å²) in [5.41, 5.74) is 0. The standard InChI is InChI=1S/C4H6O6.2Ag.HNO3/c5-1(3(7)8)2(6)4(9)10;;;2-1(3)4/h1-2,5-6H,(H,7,8)(H,9,10);;;(H,2,3,4)/q;2*+1;/p-2. The van der Waals surface area contributed by atoms with Gasteiger partial charge in [0.25, 0.3) is 5.09 Å². The second-order valence-electron chi connectivity index (χ2n) is 1.77. The number of aliphatic hydroxyl groups excluding tert-OH is 2. The summed E-state index contributed by atoms with van der Waals surface area (Å²) in [4.78, 5) is 27.6. The number of carbonyl (C=O) groups is 2. The molecule has 0 aromatic heterocycles. The van der Waals surface area contributed by atoms with Gasteiger partial charge in [0.2, 0.25) is 0 Å². The van der Waals surface area contributed by atoms with Crippen molar-refractivity contribution in [2.24, 2.45) is 0 Å². The molecule has 0 bridgehead atoms. The van der Waals surface area contributed by atoms with Gasteiger partial charge in [-0.2, -0.15) is 0 Å². The summed E-state index contributed by atoms with van der Waals surface area (Å²) in [6.07, 6.45) is -4.88. The minimum absolute atomic E-state index is 0. The van der Waals surface area contributed by atoms with Crippen LogP contribution in [-0.2, 0) is 54.3 Å². The predicted octanol–water partition coefficient (Wildman–Crippen LogP) is -5.14. The van der Waals surface area contributed by atoms with Crippen molar-refractivity contribution in [3.8, 4) is 0 Å². The van der Waals surface area contributed by atoms with Gasteiger partial charge < -0.3 is 35.2 Å². The van der Waals surface area contributed by atoms with E-state index in [1.807, 2.05) is 0 Å². The van der Waals surface area contributed by atoms with Crippen LogP contribution in [0.1, 0.15) is 0 Å². The summed E-state index contributed by atoms with van der Waals surface area (Å²) in [5.74, 6) is -4.12. The Hall–Kier alpha value is -0.459. The van der Waals surface area contributed by atoms with Crippen LogP contribution in [0.5, 0.6) is 0 Å². The summed E-state index contributed by atoms with van der Waals surface area (Å²) in [6.45, 7) is 0. The van der Waals surface area contributed by atoms with Gasteiger partial charge in [0, 0.05) is 0 Å². The van der Waals surface area contributed by atoms with Crippen LogP contribution >= 0.6 is 0 Å². The molecule has 0 aromatic carbocycles. The first-order valence-electron chi connectivity index (χ1n) is 2.81. The van der Waals surface area contributed by atoms with Crippen LogP contribution in [0, 0.1) is 10.1 Å². The molecule has 0 amide bonds. The van der Waals surface area contributed by atoms with E-state index >= 15 is 0 Å². The Morgan fingerprint density at radius 1 is 1.00 bits per heavy atom. The Kier molecular flexibility index (Phi) is 19.4. The van der Waals surface area contributed by atoms with Crippen LogP contribution in [0.3, 0.4) is 0 Å². The van der Waals surface area contributed by atoms with Crippen LogP contribution < -0.4 is 10.2 Å². The van der Waals surface area contributed by atoms with E-state index in [0.29, 0.717) is 0 Å². The number of rotatable bonds is 3. The first-order valence-corrected chi connectivity index (χ1v) is 2.81. The molecule has 0 aliphatic rings. The number of carbonyl (C=O) groups excluding carboxylic acids is 2. The summed E-state index contributed by atoms with van der Waals surface area (Å²) >= 11 is 0. The molecule has 102 valence electrons. The maximum absolute atomic E-state index is 9.63. The summed E-state index contributed by atoms with van der Waals surface area (Å²) in [6, 6.07) is 0. The van der Waals surface area contributed by atoms with E-state index in [1.54, 1.807) is 0 Å². The zero-order valence-electron chi connectivity index (χ0n) is 7.00. The fraction of sp³-hybridized carbons (Fsp3) is 0.500. The Bertz CT molecular complexity index is 212. The van der Waals surface area contributed by atoms with Crippen LogP contribution in [-0.4, -0.2) is 44.7 Å². The smallest absolute Gasteiger partial charge is 0.547 e. The largest absolute Gasteiger partial charge is 1.00 e. The van der Waals surface area contributed by atoms with Crippen molar-refractivity contribution in [2.45, 2.75) is 12.2 Å². The normalized spacial score (nSPS) is 11.4. The van der Waals surface area contributed by atoms with Crippen molar-refractivity contribution in [1.82, 2.24) is 0 Å². The van der Waals surface area contributed by atoms with Crippen molar-refractivity contribution >= 4 is 11.9 Å². The molecule has 0 spiro atoms. The summed E-state index contributed by atoms with van der Waals surface area (Å²) in [5, 5.41) is 49.4. The predicted molar refractivity (Wildman–Crippen MR) is 30.8 cm³/mol. The van der Waals surface area contributed by atoms with Crippen LogP contribution in [0.4, 0.5) is 0 Å². The van der Waals surface area contributed by atoms with Gasteiger partial charge in [-0.15, -0.1) is 10.1 Å². The second kappa shape index (κ2) is 12.6. The van der Waals surface area contributed by atoms with E-state index in [9.17, 15) is 19.8 Å². The molecule has 0 saturated heterocycles. The molecule has 3 N–H and O–H groups in total. The molecule has 0 aliphatic carbocycles. The number of aliphatic carboxylic acids is 2. The SMILES string of the molecule is O=C([O-])C(O)C(O)C(=O)[O-].O=[N+]([O-])O.[Ag+].[Ag+]. The summed E-state index contributed by atoms with van der Waals surface area (Å²) < 4.78 is 0. The Morgan fingerprint density at radius 3 is 1.19 bits per heavy atom. The van der Waals surface area contributed by atoms with Crippen molar-refractivity contribution in [1.29, 1.82) is 0 Å². The van der Waals surface area contributed by atoms with E-state index in [0.717, 1.165) is 0 Å². The average molecular weight is 427 g/mol. The Balaban J connectivity index is -0.000000105. The third-order valence-electron chi connectivity index (χ3n) is 0.782. The molecule has 16 heavy (non-hydrogen) atoms. The minimum atomic E-state index is -2.44. The number of carboxylic acids is 2. The van der Waals surface area contributed by atoms with Crippen LogP contribution in [0.2, 0.25) is 0 Å². The fourth-order valence-corrected chi connectivity index (χ4v) is 0.258. The van der Waals surface area contributed by atoms with Crippen molar-refractivity contribution in [3.63, 3.8) is 0 Å². The maximum atomic E-state index is 9.63. The Morgan fingerprint density at radius 2 is 1.12 bits per heavy atom. The Labute approximate surface area is 119 Å². The molecule has 0 fully saturated rings. The van der Waals surface area contributed by atoms with Gasteiger partial charge in [-0.25, -0.2) is 0 Å². The molecule has 2 atom stereocenters. The molecule has 2 unspecified atom stereocenters. The van der Waals surface area contributed by atoms with Gasteiger partial charge in [-0.3, -0.25) is 0 Å². The molecular formula is C4H5Ag2NO9. The maximum Gasteiger partial charge on any atom is 1.00 e. The van der Waals surface area contributed by atoms with Crippen molar-refractivity contribution in [2.75, 3.05) is 0 Å². The number of aliphatic hydroxyl groups is 2. The van der Waals surface area contributed by atoms with Gasteiger partial charge in [0.1, 0.15) is 12.2 Å². The topological polar surface area (TPSA) is 184 Å². The summed E-state index contributed by atoms with van der Waals surface area (Å²) in [7, 11) is 0. The van der Waals surface area contributed by atoms with Gasteiger partial charge in [-0.05, 0) is 0 Å². The van der Waals surface area contributed by atoms with E-state index in [2.05, 4.69) is 0 Å². The van der Waals surface area contributed by atoms with Gasteiger partial charge >= 0.3 is 44.8 Å². The average Bonchev–Trinajstić information content (AvgIpc) is 2.00. The molecule has 0 aromatic rings. The first kappa shape index (κ1) is 24.7. The van der Waals surface area contributed by atoms with E-state index in [1.165, 1.54) is 0 Å². The number of nitrogens with zero attached hydrogens (tertiary/aromatic N) is 1. The fourth-order valence-electron chi connectivity index (χ4n) is 0.258. The van der Waals surface area contributed by atoms with Crippen LogP contribution in [0.25, 0.3) is 0 Å². The zero-order valence-corrected chi connectivity index (χ0v) is 9.96. The van der Waals surface area contributed by atoms with Gasteiger partial charge in [0.05, 0.1) is 11.9 Å².